The number of ether oxygens (including phenoxy) is 5. The third-order valence-electron chi connectivity index (χ3n) is 5.38. The van der Waals surface area contributed by atoms with Gasteiger partial charge >= 0.3 is 5.97 Å². The molecule has 3 rings (SSSR count). The predicted molar refractivity (Wildman–Crippen MR) is 132 cm³/mol. The van der Waals surface area contributed by atoms with Crippen LogP contribution >= 0.6 is 11.6 Å². The second-order valence-electron chi connectivity index (χ2n) is 8.23. The molecular weight excluding hydrogens is 494 g/mol. The first-order valence-corrected chi connectivity index (χ1v) is 12.1. The summed E-state index contributed by atoms with van der Waals surface area (Å²) in [6.07, 6.45) is 7.10. The fourth-order valence-electron chi connectivity index (χ4n) is 3.54. The summed E-state index contributed by atoms with van der Waals surface area (Å²) < 4.78 is 26.8. The number of phenolic OH excluding ortho intramolecular Hbond substituents is 2. The van der Waals surface area contributed by atoms with Gasteiger partial charge < -0.3 is 38.7 Å². The number of benzene rings is 1. The summed E-state index contributed by atoms with van der Waals surface area (Å²) in [6.45, 7) is 4.08. The van der Waals surface area contributed by atoms with E-state index in [1.54, 1.807) is 26.2 Å². The highest BCUT2D eigenvalue weighted by Crippen LogP contribution is 2.38. The molecule has 1 fully saturated rings. The zero-order valence-electron chi connectivity index (χ0n) is 20.4. The van der Waals surface area contributed by atoms with Crippen LogP contribution in [-0.2, 0) is 34.9 Å². The molecule has 36 heavy (non-hydrogen) atoms. The minimum Gasteiger partial charge on any atom is -0.507 e. The molecule has 0 aliphatic carbocycles. The molecule has 2 N–H and O–H groups in total. The van der Waals surface area contributed by atoms with Crippen LogP contribution in [0.2, 0.25) is 5.02 Å². The van der Waals surface area contributed by atoms with Crippen molar-refractivity contribution >= 4 is 23.3 Å². The van der Waals surface area contributed by atoms with E-state index in [0.29, 0.717) is 38.6 Å². The number of esters is 1. The van der Waals surface area contributed by atoms with Crippen LogP contribution < -0.4 is 0 Å². The first-order valence-electron chi connectivity index (χ1n) is 11.7. The van der Waals surface area contributed by atoms with Crippen molar-refractivity contribution in [1.29, 1.82) is 0 Å². The Labute approximate surface area is 215 Å². The number of carbonyl (C=O) groups excluding carboxylic acids is 1. The van der Waals surface area contributed by atoms with E-state index in [-0.39, 0.29) is 53.7 Å². The highest BCUT2D eigenvalue weighted by molar-refractivity contribution is 6.33. The monoisotopic (exact) mass is 525 g/mol. The molecule has 10 nitrogen and oxygen atoms in total. The number of methoxy groups -OCH3 is 1. The van der Waals surface area contributed by atoms with E-state index < -0.39 is 17.8 Å². The maximum Gasteiger partial charge on any atom is 0.342 e. The Morgan fingerprint density at radius 2 is 1.81 bits per heavy atom. The van der Waals surface area contributed by atoms with Crippen LogP contribution in [0.3, 0.4) is 0 Å². The molecule has 2 heterocycles. The van der Waals surface area contributed by atoms with Crippen LogP contribution in [0.25, 0.3) is 0 Å². The standard InChI is InChI=1S/C25H32ClNO9/c1-16-13-22-21(36-22)6-4-3-5-17(27-34-12-11-33-10-9-32-8-7-31-2)14-18-23(25(30)35-16)19(28)15-20(29)24(18)26/h3-6,15-16,21-22,28-29H,7-14H2,1-2H3/b5-3+,6-4-,27-17+. The zero-order valence-corrected chi connectivity index (χ0v) is 21.1. The van der Waals surface area contributed by atoms with Gasteiger partial charge in [0.2, 0.25) is 0 Å². The molecule has 0 aromatic heterocycles. The highest BCUT2D eigenvalue weighted by atomic mass is 35.5. The molecule has 0 saturated carbocycles. The summed E-state index contributed by atoms with van der Waals surface area (Å²) in [4.78, 5) is 18.3. The van der Waals surface area contributed by atoms with Gasteiger partial charge in [-0.15, -0.1) is 0 Å². The summed E-state index contributed by atoms with van der Waals surface area (Å²) in [5.74, 6) is -1.57. The van der Waals surface area contributed by atoms with Crippen LogP contribution in [0.4, 0.5) is 0 Å². The fourth-order valence-corrected chi connectivity index (χ4v) is 3.76. The van der Waals surface area contributed by atoms with E-state index in [1.165, 1.54) is 0 Å². The first-order chi connectivity index (χ1) is 17.4. The smallest absolute Gasteiger partial charge is 0.342 e. The third kappa shape index (κ3) is 8.49. The van der Waals surface area contributed by atoms with Crippen LogP contribution in [0.15, 0.2) is 35.5 Å². The van der Waals surface area contributed by atoms with Crippen molar-refractivity contribution in [3.8, 4) is 11.5 Å². The van der Waals surface area contributed by atoms with Crippen molar-refractivity contribution in [1.82, 2.24) is 0 Å². The Kier molecular flexibility index (Phi) is 11.0. The first kappa shape index (κ1) is 27.9. The molecule has 1 saturated heterocycles. The molecule has 11 heteroatoms. The molecule has 0 spiro atoms. The van der Waals surface area contributed by atoms with Gasteiger partial charge in [0.15, 0.2) is 0 Å². The van der Waals surface area contributed by atoms with Crippen molar-refractivity contribution < 1.29 is 43.5 Å². The summed E-state index contributed by atoms with van der Waals surface area (Å²) in [6, 6.07) is 1.01. The lowest BCUT2D eigenvalue weighted by Gasteiger charge is -2.17. The molecular formula is C25H32ClNO9. The Morgan fingerprint density at radius 1 is 1.08 bits per heavy atom. The van der Waals surface area contributed by atoms with Gasteiger partial charge in [0, 0.05) is 26.0 Å². The number of carbonyl (C=O) groups is 1. The van der Waals surface area contributed by atoms with Gasteiger partial charge in [-0.1, -0.05) is 35.0 Å². The largest absolute Gasteiger partial charge is 0.507 e. The number of nitrogens with zero attached hydrogens (tertiary/aromatic N) is 1. The summed E-state index contributed by atoms with van der Waals surface area (Å²) in [7, 11) is 1.61. The SMILES string of the molecule is COCCOCCOCCO\N=C1/C=C/C=C\C2OC2CC(C)OC(=O)c2c(O)cc(O)c(Cl)c2C1. The van der Waals surface area contributed by atoms with E-state index in [4.69, 9.17) is 40.1 Å². The van der Waals surface area contributed by atoms with Crippen LogP contribution in [0.1, 0.15) is 29.3 Å². The number of cyclic esters (lactones) is 1. The summed E-state index contributed by atoms with van der Waals surface area (Å²) >= 11 is 6.33. The molecule has 0 amide bonds. The van der Waals surface area contributed by atoms with Gasteiger partial charge in [-0.05, 0) is 18.6 Å². The van der Waals surface area contributed by atoms with Crippen LogP contribution in [0.5, 0.6) is 11.5 Å². The topological polar surface area (TPSA) is 129 Å². The molecule has 198 valence electrons. The number of phenols is 2. The number of epoxide rings is 1. The predicted octanol–water partition coefficient (Wildman–Crippen LogP) is 3.17. The van der Waals surface area contributed by atoms with E-state index in [9.17, 15) is 15.0 Å². The van der Waals surface area contributed by atoms with Crippen LogP contribution in [-0.4, -0.2) is 87.0 Å². The maximum atomic E-state index is 12.9. The van der Waals surface area contributed by atoms with Gasteiger partial charge in [0.25, 0.3) is 0 Å². The lowest BCUT2D eigenvalue weighted by atomic mass is 9.99. The number of aromatic hydroxyl groups is 2. The van der Waals surface area contributed by atoms with Crippen molar-refractivity contribution in [2.75, 3.05) is 46.8 Å². The maximum absolute atomic E-state index is 12.9. The number of hydrogen-bond donors (Lipinski definition) is 2. The van der Waals surface area contributed by atoms with Crippen molar-refractivity contribution in [3.05, 3.63) is 46.5 Å². The normalized spacial score (nSPS) is 24.8. The molecule has 2 aliphatic rings. The van der Waals surface area contributed by atoms with E-state index in [1.807, 2.05) is 12.2 Å². The number of halogens is 1. The van der Waals surface area contributed by atoms with Gasteiger partial charge in [-0.3, -0.25) is 0 Å². The average Bonchev–Trinajstić information content (AvgIpc) is 3.57. The van der Waals surface area contributed by atoms with E-state index in [0.717, 1.165) is 6.07 Å². The third-order valence-corrected chi connectivity index (χ3v) is 5.80. The molecule has 2 aliphatic heterocycles. The second kappa shape index (κ2) is 14.2. The lowest BCUT2D eigenvalue weighted by molar-refractivity contribution is 0.00448. The average molecular weight is 526 g/mol. The van der Waals surface area contributed by atoms with Crippen LogP contribution in [0, 0.1) is 0 Å². The number of fused-ring (bicyclic) bond motifs is 2. The highest BCUT2D eigenvalue weighted by Gasteiger charge is 2.38. The minimum atomic E-state index is -0.757. The molecule has 3 atom stereocenters. The number of allylic oxidation sites excluding steroid dienone is 3. The summed E-state index contributed by atoms with van der Waals surface area (Å²) in [5.41, 5.74) is 0.426. The van der Waals surface area contributed by atoms with Gasteiger partial charge in [-0.25, -0.2) is 4.79 Å². The van der Waals surface area contributed by atoms with Gasteiger partial charge in [0.05, 0.1) is 49.9 Å². The second-order valence-corrected chi connectivity index (χ2v) is 8.61. The minimum absolute atomic E-state index is 0.0132. The molecule has 1 aromatic rings. The Hall–Kier alpha value is -2.63. The lowest BCUT2D eigenvalue weighted by Crippen LogP contribution is -2.20. The Balaban J connectivity index is 1.72. The van der Waals surface area contributed by atoms with Crippen molar-refractivity contribution in [2.45, 2.75) is 38.1 Å². The van der Waals surface area contributed by atoms with Gasteiger partial charge in [-0.2, -0.15) is 0 Å². The molecule has 0 bridgehead atoms. The quantitative estimate of drug-likeness (QED) is 0.205. The Bertz CT molecular complexity index is 979. The Morgan fingerprint density at radius 3 is 2.56 bits per heavy atom. The summed E-state index contributed by atoms with van der Waals surface area (Å²) in [5, 5.41) is 24.7. The molecule has 1 aromatic carbocycles. The van der Waals surface area contributed by atoms with E-state index in [2.05, 4.69) is 5.16 Å². The zero-order chi connectivity index (χ0) is 25.9. The fraction of sp³-hybridized carbons (Fsp3) is 0.520. The van der Waals surface area contributed by atoms with Gasteiger partial charge in [0.1, 0.15) is 35.9 Å². The number of rotatable bonds is 10. The van der Waals surface area contributed by atoms with Crippen molar-refractivity contribution in [2.24, 2.45) is 5.16 Å². The molecule has 3 unspecified atom stereocenters. The van der Waals surface area contributed by atoms with E-state index >= 15 is 0 Å². The number of hydrogen-bond acceptors (Lipinski definition) is 10. The number of oxime groups is 1. The van der Waals surface area contributed by atoms with Crippen molar-refractivity contribution in [3.63, 3.8) is 0 Å². The molecule has 0 radical (unpaired) electrons.